The summed E-state index contributed by atoms with van der Waals surface area (Å²) in [7, 11) is -3.71. The third-order valence-corrected chi connectivity index (χ3v) is 7.39. The lowest BCUT2D eigenvalue weighted by atomic mass is 9.85. The van der Waals surface area contributed by atoms with Crippen molar-refractivity contribution < 1.29 is 12.6 Å². The Morgan fingerprint density at radius 1 is 0.857 bits per heavy atom. The fourth-order valence-electron chi connectivity index (χ4n) is 4.67. The van der Waals surface area contributed by atoms with Gasteiger partial charge in [-0.25, -0.2) is 0 Å². The molecule has 0 spiro atoms. The maximum Gasteiger partial charge on any atom is 0.296 e. The van der Waals surface area contributed by atoms with Gasteiger partial charge in [-0.3, -0.25) is 4.18 Å². The van der Waals surface area contributed by atoms with Crippen LogP contribution in [0, 0.1) is 6.92 Å². The van der Waals surface area contributed by atoms with Gasteiger partial charge in [0.15, 0.2) is 0 Å². The minimum absolute atomic E-state index is 0.152. The van der Waals surface area contributed by atoms with E-state index in [9.17, 15) is 8.42 Å². The summed E-state index contributed by atoms with van der Waals surface area (Å²) in [6.45, 7) is 2.08. The topological polar surface area (TPSA) is 43.4 Å². The predicted octanol–water partition coefficient (Wildman–Crippen LogP) is 4.92. The van der Waals surface area contributed by atoms with Gasteiger partial charge in [-0.1, -0.05) is 60.2 Å². The molecule has 4 heteroatoms. The summed E-state index contributed by atoms with van der Waals surface area (Å²) in [6.07, 6.45) is 1.74. The minimum Gasteiger partial charge on any atom is -0.266 e. The molecular weight excluding hydrogens is 368 g/mol. The zero-order valence-corrected chi connectivity index (χ0v) is 16.6. The molecular formula is C24H22O3S. The highest BCUT2D eigenvalue weighted by atomic mass is 32.2. The summed E-state index contributed by atoms with van der Waals surface area (Å²) in [5.74, 6) is 0.997. The predicted molar refractivity (Wildman–Crippen MR) is 109 cm³/mol. The zero-order valence-electron chi connectivity index (χ0n) is 15.8. The van der Waals surface area contributed by atoms with Gasteiger partial charge in [0, 0.05) is 11.8 Å². The molecule has 2 bridgehead atoms. The normalized spacial score (nSPS) is 19.5. The van der Waals surface area contributed by atoms with Gasteiger partial charge in [-0.2, -0.15) is 8.42 Å². The molecule has 0 saturated carbocycles. The van der Waals surface area contributed by atoms with Crippen LogP contribution in [0.4, 0.5) is 0 Å². The molecule has 0 N–H and O–H groups in total. The van der Waals surface area contributed by atoms with Crippen LogP contribution in [0.2, 0.25) is 0 Å². The second-order valence-electron chi connectivity index (χ2n) is 7.77. The lowest BCUT2D eigenvalue weighted by Gasteiger charge is -2.20. The van der Waals surface area contributed by atoms with Crippen LogP contribution in [0.15, 0.2) is 71.6 Å². The third-order valence-electron chi connectivity index (χ3n) is 6.06. The van der Waals surface area contributed by atoms with Crippen LogP contribution in [0.5, 0.6) is 0 Å². The second kappa shape index (κ2) is 6.57. The number of rotatable bonds is 5. The van der Waals surface area contributed by atoms with E-state index < -0.39 is 10.1 Å². The molecule has 3 aromatic carbocycles. The Labute approximate surface area is 166 Å². The summed E-state index contributed by atoms with van der Waals surface area (Å²) in [5, 5.41) is 0. The molecule has 0 aromatic heterocycles. The summed E-state index contributed by atoms with van der Waals surface area (Å²) in [4.78, 5) is 0.209. The van der Waals surface area contributed by atoms with Gasteiger partial charge in [0.25, 0.3) is 10.1 Å². The molecule has 0 amide bonds. The first-order chi connectivity index (χ1) is 13.5. The van der Waals surface area contributed by atoms with E-state index >= 15 is 0 Å². The molecule has 5 rings (SSSR count). The lowest BCUT2D eigenvalue weighted by molar-refractivity contribution is 0.322. The summed E-state index contributed by atoms with van der Waals surface area (Å²) in [6, 6.07) is 22.1. The minimum atomic E-state index is -3.71. The van der Waals surface area contributed by atoms with Gasteiger partial charge in [0.1, 0.15) is 0 Å². The van der Waals surface area contributed by atoms with Crippen molar-refractivity contribution in [2.45, 2.75) is 36.5 Å². The molecule has 0 heterocycles. The van der Waals surface area contributed by atoms with Crippen molar-refractivity contribution >= 4 is 10.1 Å². The maximum atomic E-state index is 12.3. The van der Waals surface area contributed by atoms with Gasteiger partial charge < -0.3 is 0 Å². The maximum absolute atomic E-state index is 12.3. The molecule has 2 aliphatic carbocycles. The molecule has 0 saturated heterocycles. The number of benzene rings is 3. The quantitative estimate of drug-likeness (QED) is 0.581. The molecule has 2 atom stereocenters. The van der Waals surface area contributed by atoms with Crippen molar-refractivity contribution in [3.8, 4) is 0 Å². The van der Waals surface area contributed by atoms with E-state index in [0.29, 0.717) is 18.3 Å². The third kappa shape index (κ3) is 2.88. The molecule has 0 fully saturated rings. The summed E-state index contributed by atoms with van der Waals surface area (Å²) >= 11 is 0. The highest BCUT2D eigenvalue weighted by Crippen LogP contribution is 2.56. The van der Waals surface area contributed by atoms with Gasteiger partial charge in [-0.05, 0) is 59.7 Å². The van der Waals surface area contributed by atoms with Crippen LogP contribution in [0.3, 0.4) is 0 Å². The van der Waals surface area contributed by atoms with Crippen LogP contribution in [0.25, 0.3) is 0 Å². The van der Waals surface area contributed by atoms with Crippen LogP contribution in [0.1, 0.15) is 51.6 Å². The molecule has 3 nitrogen and oxygen atoms in total. The van der Waals surface area contributed by atoms with E-state index in [1.165, 1.54) is 22.3 Å². The second-order valence-corrected chi connectivity index (χ2v) is 9.39. The van der Waals surface area contributed by atoms with E-state index in [-0.39, 0.29) is 11.5 Å². The van der Waals surface area contributed by atoms with E-state index in [1.54, 1.807) is 24.3 Å². The van der Waals surface area contributed by atoms with Gasteiger partial charge in [0.2, 0.25) is 0 Å². The first kappa shape index (κ1) is 17.7. The molecule has 0 radical (unpaired) electrons. The van der Waals surface area contributed by atoms with Crippen LogP contribution >= 0.6 is 0 Å². The van der Waals surface area contributed by atoms with Crippen LogP contribution < -0.4 is 0 Å². The Morgan fingerprint density at radius 3 is 2.21 bits per heavy atom. The number of hydrogen-bond acceptors (Lipinski definition) is 3. The van der Waals surface area contributed by atoms with Crippen LogP contribution in [-0.4, -0.2) is 15.0 Å². The molecule has 142 valence electrons. The average Bonchev–Trinajstić information content (AvgIpc) is 3.25. The SMILES string of the molecule is Cc1ccc(S(=O)(=O)OCCc2ccc3c(c2)C2CC3c3ccccc32)cc1. The summed E-state index contributed by atoms with van der Waals surface area (Å²) < 4.78 is 29.9. The van der Waals surface area contributed by atoms with Crippen LogP contribution in [-0.2, 0) is 20.7 Å². The zero-order chi connectivity index (χ0) is 19.3. The van der Waals surface area contributed by atoms with Crippen molar-refractivity contribution in [2.75, 3.05) is 6.61 Å². The van der Waals surface area contributed by atoms with Crippen molar-refractivity contribution in [2.24, 2.45) is 0 Å². The number of aryl methyl sites for hydroxylation is 1. The fourth-order valence-corrected chi connectivity index (χ4v) is 5.57. The highest BCUT2D eigenvalue weighted by Gasteiger charge is 2.40. The van der Waals surface area contributed by atoms with Crippen molar-refractivity contribution in [3.63, 3.8) is 0 Å². The standard InChI is InChI=1S/C24H22O3S/c1-16-6-9-18(10-7-16)28(25,26)27-13-12-17-8-11-21-22(14-17)24-15-23(21)19-4-2-3-5-20(19)24/h2-11,14,23-24H,12-13,15H2,1H3. The monoisotopic (exact) mass is 390 g/mol. The molecule has 2 unspecified atom stereocenters. The van der Waals surface area contributed by atoms with E-state index in [2.05, 4.69) is 42.5 Å². The lowest BCUT2D eigenvalue weighted by Crippen LogP contribution is -2.10. The first-order valence-electron chi connectivity index (χ1n) is 9.70. The van der Waals surface area contributed by atoms with Gasteiger partial charge in [-0.15, -0.1) is 0 Å². The Kier molecular flexibility index (Phi) is 4.14. The number of fused-ring (bicyclic) bond motifs is 8. The van der Waals surface area contributed by atoms with Crippen molar-refractivity contribution in [1.82, 2.24) is 0 Å². The van der Waals surface area contributed by atoms with Crippen molar-refractivity contribution in [3.05, 3.63) is 100 Å². The average molecular weight is 391 g/mol. The molecule has 0 aliphatic heterocycles. The van der Waals surface area contributed by atoms with Crippen molar-refractivity contribution in [1.29, 1.82) is 0 Å². The highest BCUT2D eigenvalue weighted by molar-refractivity contribution is 7.86. The van der Waals surface area contributed by atoms with Gasteiger partial charge in [0.05, 0.1) is 11.5 Å². The fraction of sp³-hybridized carbons (Fsp3) is 0.250. The summed E-state index contributed by atoms with van der Waals surface area (Å²) in [5.41, 5.74) is 7.91. The Bertz CT molecular complexity index is 1150. The Morgan fingerprint density at radius 2 is 1.50 bits per heavy atom. The molecule has 3 aromatic rings. The largest absolute Gasteiger partial charge is 0.296 e. The Balaban J connectivity index is 1.30. The first-order valence-corrected chi connectivity index (χ1v) is 11.1. The van der Waals surface area contributed by atoms with E-state index in [0.717, 1.165) is 17.5 Å². The molecule has 28 heavy (non-hydrogen) atoms. The van der Waals surface area contributed by atoms with E-state index in [4.69, 9.17) is 4.18 Å². The van der Waals surface area contributed by atoms with Gasteiger partial charge >= 0.3 is 0 Å². The Hall–Kier alpha value is -2.43. The van der Waals surface area contributed by atoms with E-state index in [1.807, 2.05) is 6.92 Å². The number of hydrogen-bond donors (Lipinski definition) is 0. The molecule has 2 aliphatic rings. The smallest absolute Gasteiger partial charge is 0.266 e.